The van der Waals surface area contributed by atoms with Crippen LogP contribution in [0.3, 0.4) is 0 Å². The normalized spacial score (nSPS) is 13.1. The first-order chi connectivity index (χ1) is 11.4. The van der Waals surface area contributed by atoms with Gasteiger partial charge in [-0.1, -0.05) is 5.10 Å². The topological polar surface area (TPSA) is 163 Å². The van der Waals surface area contributed by atoms with Crippen molar-refractivity contribution in [2.24, 2.45) is 5.73 Å². The van der Waals surface area contributed by atoms with Crippen molar-refractivity contribution in [1.82, 2.24) is 25.9 Å². The Morgan fingerprint density at radius 3 is 2.79 bits per heavy atom. The Balaban J connectivity index is 2.58. The van der Waals surface area contributed by atoms with E-state index in [2.05, 4.69) is 25.9 Å². The minimum atomic E-state index is -1.04. The van der Waals surface area contributed by atoms with Gasteiger partial charge in [-0.25, -0.2) is 0 Å². The average Bonchev–Trinajstić information content (AvgIpc) is 3.04. The van der Waals surface area contributed by atoms with Gasteiger partial charge >= 0.3 is 5.97 Å². The van der Waals surface area contributed by atoms with Crippen LogP contribution in [0.1, 0.15) is 33.1 Å². The van der Waals surface area contributed by atoms with Gasteiger partial charge in [-0.3, -0.25) is 14.9 Å². The third-order valence-corrected chi connectivity index (χ3v) is 3.62. The summed E-state index contributed by atoms with van der Waals surface area (Å²) in [5.74, 6) is -0.652. The summed E-state index contributed by atoms with van der Waals surface area (Å²) in [5, 5.41) is 23.9. The molecule has 1 amide bonds. The van der Waals surface area contributed by atoms with Crippen LogP contribution < -0.4 is 16.0 Å². The Kier molecular flexibility index (Phi) is 7.75. The molecular weight excluding hydrogens is 316 g/mol. The molecule has 0 aliphatic carbocycles. The van der Waals surface area contributed by atoms with E-state index in [4.69, 9.17) is 15.9 Å². The summed E-state index contributed by atoms with van der Waals surface area (Å²) in [5.41, 5.74) is 4.54. The molecule has 0 spiro atoms. The predicted molar refractivity (Wildman–Crippen MR) is 86.4 cm³/mol. The highest BCUT2D eigenvalue weighted by molar-refractivity contribution is 5.88. The molecule has 1 heterocycles. The molecule has 0 aliphatic rings. The monoisotopic (exact) mass is 340 g/mol. The molecule has 11 nitrogen and oxygen atoms in total. The van der Waals surface area contributed by atoms with Crippen molar-refractivity contribution in [3.63, 3.8) is 0 Å². The van der Waals surface area contributed by atoms with E-state index in [0.717, 1.165) is 12.6 Å². The maximum atomic E-state index is 12.0. The van der Waals surface area contributed by atoms with Crippen LogP contribution in [-0.4, -0.2) is 64.1 Å². The summed E-state index contributed by atoms with van der Waals surface area (Å²) in [7, 11) is 0. The van der Waals surface area contributed by atoms with E-state index in [-0.39, 0.29) is 25.2 Å². The first kappa shape index (κ1) is 19.5. The van der Waals surface area contributed by atoms with E-state index in [0.29, 0.717) is 19.4 Å². The van der Waals surface area contributed by atoms with Crippen molar-refractivity contribution >= 4 is 24.0 Å². The fourth-order valence-corrected chi connectivity index (χ4v) is 2.20. The quantitative estimate of drug-likeness (QED) is 0.166. The fourth-order valence-electron chi connectivity index (χ4n) is 2.20. The number of rotatable bonds is 12. The standard InChI is InChI=1S/C13H24N8O3/c1-10(22)24-9-16-7-4-3-5-13(2,11(15)23)21(8-6-14)12-17-19-20-18-12/h6,14,16H,3-5,7-9H2,1-2H3,(H2,15,23)(H,17,18,19,20)/t13-/m0/s1. The zero-order valence-electron chi connectivity index (χ0n) is 13.9. The summed E-state index contributed by atoms with van der Waals surface area (Å²) in [6, 6.07) is 0. The number of ether oxygens (including phenoxy) is 1. The van der Waals surface area contributed by atoms with E-state index in [9.17, 15) is 9.59 Å². The zero-order valence-corrected chi connectivity index (χ0v) is 13.9. The van der Waals surface area contributed by atoms with Crippen LogP contribution in [0.15, 0.2) is 0 Å². The smallest absolute Gasteiger partial charge is 0.303 e. The fraction of sp³-hybridized carbons (Fsp3) is 0.692. The van der Waals surface area contributed by atoms with Gasteiger partial charge in [0.1, 0.15) is 12.3 Å². The van der Waals surface area contributed by atoms with E-state index < -0.39 is 11.4 Å². The lowest BCUT2D eigenvalue weighted by Gasteiger charge is -2.37. The highest BCUT2D eigenvalue weighted by atomic mass is 16.5. The summed E-state index contributed by atoms with van der Waals surface area (Å²) in [4.78, 5) is 24.2. The van der Waals surface area contributed by atoms with Crippen LogP contribution >= 0.6 is 0 Å². The van der Waals surface area contributed by atoms with Crippen LogP contribution in [0.5, 0.6) is 0 Å². The number of nitrogens with two attached hydrogens (primary N) is 1. The second kappa shape index (κ2) is 9.55. The Bertz CT molecular complexity index is 535. The molecule has 1 atom stereocenters. The molecule has 1 aromatic heterocycles. The summed E-state index contributed by atoms with van der Waals surface area (Å²) in [6.45, 7) is 3.97. The minimum absolute atomic E-state index is 0.143. The van der Waals surface area contributed by atoms with Gasteiger partial charge in [-0.05, 0) is 37.9 Å². The number of hydrogen-bond donors (Lipinski definition) is 4. The van der Waals surface area contributed by atoms with Gasteiger partial charge in [0.2, 0.25) is 5.91 Å². The van der Waals surface area contributed by atoms with Gasteiger partial charge in [0.25, 0.3) is 5.95 Å². The number of unbranched alkanes of at least 4 members (excludes halogenated alkanes) is 1. The second-order valence-electron chi connectivity index (χ2n) is 5.40. The first-order valence-electron chi connectivity index (χ1n) is 7.56. The first-order valence-corrected chi connectivity index (χ1v) is 7.56. The van der Waals surface area contributed by atoms with Gasteiger partial charge in [0, 0.05) is 13.1 Å². The van der Waals surface area contributed by atoms with Crippen LogP contribution in [0.2, 0.25) is 0 Å². The van der Waals surface area contributed by atoms with E-state index in [1.54, 1.807) is 11.8 Å². The molecule has 0 unspecified atom stereocenters. The maximum Gasteiger partial charge on any atom is 0.303 e. The predicted octanol–water partition coefficient (Wildman–Crippen LogP) is -0.820. The number of nitrogens with one attached hydrogen (secondary N) is 3. The molecule has 24 heavy (non-hydrogen) atoms. The lowest BCUT2D eigenvalue weighted by atomic mass is 9.92. The molecule has 134 valence electrons. The Morgan fingerprint density at radius 1 is 1.50 bits per heavy atom. The van der Waals surface area contributed by atoms with Gasteiger partial charge in [0.15, 0.2) is 0 Å². The Hall–Kier alpha value is -2.56. The second-order valence-corrected chi connectivity index (χ2v) is 5.40. The Morgan fingerprint density at radius 2 is 2.25 bits per heavy atom. The summed E-state index contributed by atoms with van der Waals surface area (Å²) in [6.07, 6.45) is 3.06. The third kappa shape index (κ3) is 5.57. The van der Waals surface area contributed by atoms with Crippen LogP contribution in [0, 0.1) is 5.41 Å². The molecular formula is C13H24N8O3. The lowest BCUT2D eigenvalue weighted by Crippen LogP contribution is -2.57. The molecule has 0 aliphatic heterocycles. The molecule has 0 fully saturated rings. The number of hydrogen-bond acceptors (Lipinski definition) is 9. The molecule has 11 heteroatoms. The number of H-pyrrole nitrogens is 1. The van der Waals surface area contributed by atoms with E-state index >= 15 is 0 Å². The van der Waals surface area contributed by atoms with Crippen molar-refractivity contribution in [1.29, 1.82) is 5.41 Å². The van der Waals surface area contributed by atoms with Gasteiger partial charge in [-0.2, -0.15) is 5.21 Å². The maximum absolute atomic E-state index is 12.0. The number of carbonyl (C=O) groups excluding carboxylic acids is 2. The number of esters is 1. The lowest BCUT2D eigenvalue weighted by molar-refractivity contribution is -0.141. The molecule has 5 N–H and O–H groups in total. The minimum Gasteiger partial charge on any atom is -0.450 e. The average molecular weight is 340 g/mol. The number of nitrogens with zero attached hydrogens (tertiary/aromatic N) is 4. The number of aromatic amines is 1. The van der Waals surface area contributed by atoms with E-state index in [1.807, 2.05) is 0 Å². The third-order valence-electron chi connectivity index (χ3n) is 3.62. The van der Waals surface area contributed by atoms with Crippen molar-refractivity contribution in [3.05, 3.63) is 0 Å². The number of tetrazole rings is 1. The highest BCUT2D eigenvalue weighted by Crippen LogP contribution is 2.25. The van der Waals surface area contributed by atoms with Gasteiger partial charge in [-0.15, -0.1) is 5.10 Å². The van der Waals surface area contributed by atoms with Crippen LogP contribution in [0.25, 0.3) is 0 Å². The molecule has 0 radical (unpaired) electrons. The zero-order chi connectivity index (χ0) is 18.0. The molecule has 0 bridgehead atoms. The molecule has 1 rings (SSSR count). The summed E-state index contributed by atoms with van der Waals surface area (Å²) >= 11 is 0. The SMILES string of the molecule is CC(=O)OCNCCCC[C@@](C)(C(N)=O)N(CC=N)c1nn[nH]n1. The highest BCUT2D eigenvalue weighted by Gasteiger charge is 2.39. The van der Waals surface area contributed by atoms with Crippen molar-refractivity contribution in [2.45, 2.75) is 38.6 Å². The molecule has 0 aromatic carbocycles. The number of carbonyl (C=O) groups is 2. The van der Waals surface area contributed by atoms with Crippen molar-refractivity contribution in [2.75, 3.05) is 24.7 Å². The van der Waals surface area contributed by atoms with E-state index in [1.165, 1.54) is 6.92 Å². The number of anilines is 1. The van der Waals surface area contributed by atoms with Crippen molar-refractivity contribution < 1.29 is 14.3 Å². The van der Waals surface area contributed by atoms with Gasteiger partial charge in [0.05, 0.1) is 6.54 Å². The molecule has 0 saturated heterocycles. The van der Waals surface area contributed by atoms with Crippen LogP contribution in [-0.2, 0) is 14.3 Å². The summed E-state index contributed by atoms with van der Waals surface area (Å²) < 4.78 is 4.76. The number of amides is 1. The van der Waals surface area contributed by atoms with Gasteiger partial charge < -0.3 is 20.8 Å². The van der Waals surface area contributed by atoms with Crippen LogP contribution in [0.4, 0.5) is 5.95 Å². The molecule has 0 saturated carbocycles. The largest absolute Gasteiger partial charge is 0.450 e. The van der Waals surface area contributed by atoms with Crippen molar-refractivity contribution in [3.8, 4) is 0 Å². The molecule has 1 aromatic rings. The number of primary amides is 1. The Labute approximate surface area is 139 Å². The number of aromatic nitrogens is 4.